The van der Waals surface area contributed by atoms with Crippen molar-refractivity contribution in [3.63, 3.8) is 0 Å². The monoisotopic (exact) mass is 314 g/mol. The van der Waals surface area contributed by atoms with Crippen LogP contribution in [0.1, 0.15) is 15.9 Å². The first-order valence-electron chi connectivity index (χ1n) is 3.18. The Kier molecular flexibility index (Phi) is 3.37. The third-order valence-electron chi connectivity index (χ3n) is 1.50. The minimum absolute atomic E-state index is 0.459. The summed E-state index contributed by atoms with van der Waals surface area (Å²) in [5.41, 5.74) is 1.36. The second-order valence-electron chi connectivity index (χ2n) is 2.33. The normalized spacial score (nSPS) is 10.0. The van der Waals surface area contributed by atoms with E-state index in [1.807, 2.05) is 29.5 Å². The van der Waals surface area contributed by atoms with E-state index in [0.717, 1.165) is 5.56 Å². The van der Waals surface area contributed by atoms with Crippen LogP contribution in [0.4, 0.5) is 0 Å². The summed E-state index contributed by atoms with van der Waals surface area (Å²) in [5.74, 6) is 0. The van der Waals surface area contributed by atoms with Crippen molar-refractivity contribution in [3.8, 4) is 0 Å². The highest BCUT2D eigenvalue weighted by Crippen LogP contribution is 2.26. The minimum Gasteiger partial charge on any atom is -0.276 e. The number of hydrogen-bond donors (Lipinski definition) is 0. The fourth-order valence-corrected chi connectivity index (χ4v) is 2.30. The molecule has 1 aromatic rings. The van der Waals surface area contributed by atoms with Gasteiger partial charge in [0.15, 0.2) is 0 Å². The molecule has 0 saturated carbocycles. The van der Waals surface area contributed by atoms with Gasteiger partial charge in [-0.05, 0) is 52.7 Å². The van der Waals surface area contributed by atoms with Gasteiger partial charge >= 0.3 is 0 Å². The Labute approximate surface area is 94.2 Å². The molecule has 0 heterocycles. The highest BCUT2D eigenvalue weighted by molar-refractivity contribution is 14.1. The molecule has 0 radical (unpaired) electrons. The first kappa shape index (κ1) is 10.3. The topological polar surface area (TPSA) is 17.1 Å². The molecular formula is C8H5Cl2IO. The smallest absolute Gasteiger partial charge is 0.253 e. The van der Waals surface area contributed by atoms with Crippen LogP contribution in [0.3, 0.4) is 0 Å². The van der Waals surface area contributed by atoms with Crippen molar-refractivity contribution in [1.82, 2.24) is 0 Å². The number of benzene rings is 1. The molecule has 64 valence electrons. The van der Waals surface area contributed by atoms with Gasteiger partial charge in [-0.3, -0.25) is 4.79 Å². The van der Waals surface area contributed by atoms with Gasteiger partial charge < -0.3 is 0 Å². The largest absolute Gasteiger partial charge is 0.276 e. The molecule has 0 aliphatic rings. The third kappa shape index (κ3) is 1.92. The van der Waals surface area contributed by atoms with Gasteiger partial charge in [0.1, 0.15) is 0 Å². The van der Waals surface area contributed by atoms with E-state index in [9.17, 15) is 4.79 Å². The van der Waals surface area contributed by atoms with Gasteiger partial charge in [0.2, 0.25) is 0 Å². The maximum atomic E-state index is 10.9. The van der Waals surface area contributed by atoms with Crippen LogP contribution in [0.15, 0.2) is 12.1 Å². The average molecular weight is 315 g/mol. The third-order valence-corrected chi connectivity index (χ3v) is 3.44. The van der Waals surface area contributed by atoms with E-state index in [2.05, 4.69) is 0 Å². The lowest BCUT2D eigenvalue weighted by Gasteiger charge is -2.04. The van der Waals surface area contributed by atoms with E-state index >= 15 is 0 Å². The number of halogens is 3. The number of hydrogen-bond acceptors (Lipinski definition) is 1. The summed E-state index contributed by atoms with van der Waals surface area (Å²) in [7, 11) is 0. The summed E-state index contributed by atoms with van der Waals surface area (Å²) in [6, 6.07) is 3.53. The van der Waals surface area contributed by atoms with Crippen molar-refractivity contribution in [2.45, 2.75) is 6.92 Å². The van der Waals surface area contributed by atoms with Gasteiger partial charge in [0.05, 0.1) is 10.6 Å². The van der Waals surface area contributed by atoms with Crippen LogP contribution in [0.5, 0.6) is 0 Å². The van der Waals surface area contributed by atoms with Gasteiger partial charge in [-0.2, -0.15) is 0 Å². The Hall–Kier alpha value is 0.200. The number of carbonyl (C=O) groups is 1. The fraction of sp³-hybridized carbons (Fsp3) is 0.125. The lowest BCUT2D eigenvalue weighted by atomic mass is 10.1. The van der Waals surface area contributed by atoms with Crippen LogP contribution in [-0.2, 0) is 0 Å². The Bertz CT molecular complexity index is 336. The minimum atomic E-state index is -0.459. The zero-order valence-electron chi connectivity index (χ0n) is 6.20. The van der Waals surface area contributed by atoms with Crippen molar-refractivity contribution in [2.24, 2.45) is 0 Å². The zero-order chi connectivity index (χ0) is 9.30. The van der Waals surface area contributed by atoms with E-state index in [-0.39, 0.29) is 0 Å². The molecule has 0 spiro atoms. The first-order valence-corrected chi connectivity index (χ1v) is 5.02. The molecule has 0 unspecified atom stereocenters. The molecule has 0 N–H and O–H groups in total. The van der Waals surface area contributed by atoms with Crippen molar-refractivity contribution in [3.05, 3.63) is 31.9 Å². The maximum Gasteiger partial charge on any atom is 0.253 e. The average Bonchev–Trinajstić information content (AvgIpc) is 1.97. The van der Waals surface area contributed by atoms with Crippen molar-refractivity contribution in [1.29, 1.82) is 0 Å². The van der Waals surface area contributed by atoms with Crippen molar-refractivity contribution < 1.29 is 4.79 Å². The van der Waals surface area contributed by atoms with E-state index in [1.165, 1.54) is 0 Å². The molecule has 0 aromatic heterocycles. The van der Waals surface area contributed by atoms with E-state index in [0.29, 0.717) is 14.2 Å². The molecule has 0 saturated heterocycles. The summed E-state index contributed by atoms with van der Waals surface area (Å²) < 4.78 is 0.717. The molecule has 0 bridgehead atoms. The Morgan fingerprint density at radius 1 is 1.50 bits per heavy atom. The Balaban J connectivity index is 3.43. The quantitative estimate of drug-likeness (QED) is 0.571. The van der Waals surface area contributed by atoms with Gasteiger partial charge in [-0.15, -0.1) is 0 Å². The fourth-order valence-electron chi connectivity index (χ4n) is 0.888. The summed E-state index contributed by atoms with van der Waals surface area (Å²) in [5, 5.41) is 0.101. The summed E-state index contributed by atoms with van der Waals surface area (Å²) >= 11 is 13.2. The van der Waals surface area contributed by atoms with Gasteiger partial charge in [-0.25, -0.2) is 0 Å². The summed E-state index contributed by atoms with van der Waals surface area (Å²) in [6.45, 7) is 1.83. The standard InChI is InChI=1S/C8H5Cl2IO/c1-4-2-3-5(9)7(11)6(4)8(10)12/h2-3H,1H3. The van der Waals surface area contributed by atoms with Crippen LogP contribution in [0.2, 0.25) is 5.02 Å². The number of rotatable bonds is 1. The van der Waals surface area contributed by atoms with E-state index in [4.69, 9.17) is 23.2 Å². The van der Waals surface area contributed by atoms with Gasteiger partial charge in [-0.1, -0.05) is 17.7 Å². The predicted octanol–water partition coefficient (Wildman–Crippen LogP) is 3.63. The molecule has 1 rings (SSSR count). The lowest BCUT2D eigenvalue weighted by molar-refractivity contribution is 0.108. The van der Waals surface area contributed by atoms with Crippen LogP contribution < -0.4 is 0 Å². The van der Waals surface area contributed by atoms with Crippen molar-refractivity contribution >= 4 is 51.0 Å². The summed E-state index contributed by atoms with van der Waals surface area (Å²) in [4.78, 5) is 10.9. The molecule has 0 fully saturated rings. The second-order valence-corrected chi connectivity index (χ2v) is 4.16. The molecule has 0 amide bonds. The number of carbonyl (C=O) groups excluding carboxylic acids is 1. The molecule has 1 aromatic carbocycles. The molecule has 12 heavy (non-hydrogen) atoms. The van der Waals surface area contributed by atoms with Crippen LogP contribution >= 0.6 is 45.8 Å². The van der Waals surface area contributed by atoms with Crippen molar-refractivity contribution in [2.75, 3.05) is 0 Å². The molecule has 0 atom stereocenters. The van der Waals surface area contributed by atoms with Gasteiger partial charge in [0.25, 0.3) is 5.24 Å². The Morgan fingerprint density at radius 2 is 2.08 bits per heavy atom. The first-order chi connectivity index (χ1) is 5.54. The van der Waals surface area contributed by atoms with E-state index in [1.54, 1.807) is 12.1 Å². The Morgan fingerprint density at radius 3 is 2.50 bits per heavy atom. The molecule has 0 aliphatic carbocycles. The van der Waals surface area contributed by atoms with E-state index < -0.39 is 5.24 Å². The highest BCUT2D eigenvalue weighted by atomic mass is 127. The SMILES string of the molecule is Cc1ccc(Cl)c(I)c1C(=O)Cl. The molecule has 0 aliphatic heterocycles. The number of aryl methyl sites for hydroxylation is 1. The highest BCUT2D eigenvalue weighted by Gasteiger charge is 2.12. The summed E-state index contributed by atoms with van der Waals surface area (Å²) in [6.07, 6.45) is 0. The van der Waals surface area contributed by atoms with Gasteiger partial charge in [0, 0.05) is 3.57 Å². The van der Waals surface area contributed by atoms with Crippen LogP contribution in [0.25, 0.3) is 0 Å². The lowest BCUT2D eigenvalue weighted by Crippen LogP contribution is -1.97. The second kappa shape index (κ2) is 3.94. The zero-order valence-corrected chi connectivity index (χ0v) is 9.87. The van der Waals surface area contributed by atoms with Crippen LogP contribution in [-0.4, -0.2) is 5.24 Å². The van der Waals surface area contributed by atoms with Crippen LogP contribution in [0, 0.1) is 10.5 Å². The molecule has 4 heteroatoms. The molecule has 1 nitrogen and oxygen atoms in total. The predicted molar refractivity (Wildman–Crippen MR) is 59.1 cm³/mol. The molecular weight excluding hydrogens is 310 g/mol. The maximum absolute atomic E-state index is 10.9.